The van der Waals surface area contributed by atoms with Crippen molar-refractivity contribution in [3.63, 3.8) is 0 Å². The fourth-order valence-electron chi connectivity index (χ4n) is 18.0. The Morgan fingerprint density at radius 1 is 0.703 bits per heavy atom. The van der Waals surface area contributed by atoms with E-state index in [2.05, 4.69) is 21.3 Å². The minimum atomic E-state index is -2.16. The topological polar surface area (TPSA) is 474 Å². The van der Waals surface area contributed by atoms with Gasteiger partial charge < -0.3 is 107 Å². The van der Waals surface area contributed by atoms with E-state index in [1.807, 2.05) is 13.8 Å². The number of Topliss-reactive ketones (excluding diaryl/α,β-unsaturated/α-hetero) is 3. The second kappa shape index (κ2) is 32.5. The van der Waals surface area contributed by atoms with Gasteiger partial charge in [-0.1, -0.05) is 62.2 Å². The number of halogens is 2. The number of benzene rings is 5. The van der Waals surface area contributed by atoms with Crippen LogP contribution in [0.3, 0.4) is 0 Å². The van der Waals surface area contributed by atoms with Gasteiger partial charge in [-0.25, -0.2) is 0 Å². The number of phenolic OH excluding ortho intramolecular Hbond substituents is 3. The first-order chi connectivity index (χ1) is 52.6. The molecule has 5 aromatic rings. The summed E-state index contributed by atoms with van der Waals surface area (Å²) in [5, 5.41) is 116. The van der Waals surface area contributed by atoms with Crippen molar-refractivity contribution < 1.29 is 113 Å². The highest BCUT2D eigenvalue weighted by Gasteiger charge is 2.53. The molecule has 0 spiro atoms. The molecule has 15 bridgehead atoms. The van der Waals surface area contributed by atoms with E-state index in [-0.39, 0.29) is 97.0 Å². The molecule has 0 radical (unpaired) electrons. The molecule has 4 saturated carbocycles. The maximum Gasteiger partial charge on any atom is 0.246 e. The van der Waals surface area contributed by atoms with Crippen molar-refractivity contribution in [3.8, 4) is 57.1 Å². The summed E-state index contributed by atoms with van der Waals surface area (Å²) in [6.45, 7) is 7.65. The number of hydrogen-bond acceptors (Lipinski definition) is 24. The normalized spacial score (nSPS) is 33.0. The number of carbonyl (C=O) groups excluding carboxylic acids is 8. The summed E-state index contributed by atoms with van der Waals surface area (Å²) in [6.07, 6.45) is -14.7. The number of ether oxygens (including phenoxy) is 6. The minimum Gasteiger partial charge on any atom is -0.508 e. The van der Waals surface area contributed by atoms with E-state index in [0.717, 1.165) is 62.4 Å². The summed E-state index contributed by atoms with van der Waals surface area (Å²) in [7, 11) is 0. The van der Waals surface area contributed by atoms with E-state index in [4.69, 9.17) is 63.1 Å². The first-order valence-corrected chi connectivity index (χ1v) is 38.4. The fourth-order valence-corrected chi connectivity index (χ4v) is 18.5. The van der Waals surface area contributed by atoms with Gasteiger partial charge in [0.15, 0.2) is 41.2 Å². The van der Waals surface area contributed by atoms with E-state index in [0.29, 0.717) is 24.7 Å². The molecule has 2 saturated heterocycles. The number of ketones is 3. The number of phenols is 3. The molecule has 18 atom stereocenters. The van der Waals surface area contributed by atoms with Crippen LogP contribution in [-0.4, -0.2) is 166 Å². The van der Waals surface area contributed by atoms with Crippen molar-refractivity contribution in [2.75, 3.05) is 6.61 Å². The zero-order chi connectivity index (χ0) is 79.7. The first-order valence-electron chi connectivity index (χ1n) is 37.7. The molecule has 7 heterocycles. The SMILES string of the molecule is CC[C@H](CC(C)C)C(=O)N[C@H]1C(=O)C[C@@H](CC(N)=O)C(=O)N[C@H]2C(=O)C[C@H]3C(=O)N[C@H](C(=O)N[C@H](C(=O)CC4C5CC6CC(C5)CC4C6)c4cc(O)cc(O)c4-c4cc3ccc4O)[C@H](O)c3ccc(c(Cl)c3)Oc3cc2cc(c3O[C@@H]2O[C@H](CO)[C@@H](O)[C@H](O)[C@H]2O[C@H]2C[C@](C)(N)[C@H](O)[C@H](C)O2)Oc2ccc(cc2Cl)[C@H]1O. The molecule has 31 heteroatoms. The Bertz CT molecular complexity index is 4440. The lowest BCUT2D eigenvalue weighted by atomic mass is 9.51. The minimum absolute atomic E-state index is 0.00700. The Labute approximate surface area is 648 Å². The molecule has 17 N–H and O–H groups in total. The molecule has 7 aliphatic heterocycles. The monoisotopic (exact) mass is 1580 g/mol. The molecule has 0 unspecified atom stereocenters. The number of primary amides is 1. The highest BCUT2D eigenvalue weighted by molar-refractivity contribution is 6.32. The average Bonchev–Trinajstić information content (AvgIpc) is 0.756. The van der Waals surface area contributed by atoms with E-state index >= 15 is 28.8 Å². The number of fused-ring (bicyclic) bond motifs is 15. The van der Waals surface area contributed by atoms with Crippen molar-refractivity contribution in [1.82, 2.24) is 21.3 Å². The number of amides is 5. The molecule has 11 aliphatic rings. The number of nitrogens with one attached hydrogen (secondary N) is 4. The van der Waals surface area contributed by atoms with Gasteiger partial charge in [-0.3, -0.25) is 38.4 Å². The predicted molar refractivity (Wildman–Crippen MR) is 395 cm³/mol. The van der Waals surface area contributed by atoms with Gasteiger partial charge >= 0.3 is 0 Å². The van der Waals surface area contributed by atoms with E-state index in [1.165, 1.54) is 62.4 Å². The lowest BCUT2D eigenvalue weighted by molar-refractivity contribution is -0.333. The number of hydrogen-bond donors (Lipinski definition) is 15. The van der Waals surface area contributed by atoms with Crippen LogP contribution in [0.5, 0.6) is 46.0 Å². The highest BCUT2D eigenvalue weighted by atomic mass is 35.5. The number of nitrogens with two attached hydrogens (primary N) is 2. The second-order valence-corrected chi connectivity index (χ2v) is 32.8. The number of carbonyl (C=O) groups is 8. The Balaban J connectivity index is 1.01. The predicted octanol–water partition coefficient (Wildman–Crippen LogP) is 6.47. The Morgan fingerprint density at radius 3 is 1.93 bits per heavy atom. The zero-order valence-corrected chi connectivity index (χ0v) is 63.1. The van der Waals surface area contributed by atoms with Crippen LogP contribution in [-0.2, 0) is 52.6 Å². The van der Waals surface area contributed by atoms with Gasteiger partial charge in [0.1, 0.15) is 83.4 Å². The highest BCUT2D eigenvalue weighted by Crippen LogP contribution is 2.58. The molecular weight excluding hydrogens is 1480 g/mol. The summed E-state index contributed by atoms with van der Waals surface area (Å²) in [5.41, 5.74) is 9.62. The summed E-state index contributed by atoms with van der Waals surface area (Å²) in [5.74, 6) is -15.2. The summed E-state index contributed by atoms with van der Waals surface area (Å²) < 4.78 is 38.9. The number of aliphatic hydroxyl groups is 6. The molecule has 16 rings (SSSR count). The smallest absolute Gasteiger partial charge is 0.246 e. The molecule has 6 fully saturated rings. The van der Waals surface area contributed by atoms with Gasteiger partial charge in [0.25, 0.3) is 0 Å². The summed E-state index contributed by atoms with van der Waals surface area (Å²) >= 11 is 14.4. The van der Waals surface area contributed by atoms with Crippen molar-refractivity contribution in [2.45, 2.75) is 209 Å². The Morgan fingerprint density at radius 2 is 1.33 bits per heavy atom. The third-order valence-corrected chi connectivity index (χ3v) is 24.1. The number of rotatable bonds is 15. The van der Waals surface area contributed by atoms with Crippen LogP contribution in [0.25, 0.3) is 11.1 Å². The second-order valence-electron chi connectivity index (χ2n) is 32.0. The van der Waals surface area contributed by atoms with Gasteiger partial charge in [-0.15, -0.1) is 0 Å². The molecule has 29 nitrogen and oxygen atoms in total. The average molecular weight is 1580 g/mol. The first kappa shape index (κ1) is 80.5. The van der Waals surface area contributed by atoms with Gasteiger partial charge in [0, 0.05) is 60.8 Å². The molecule has 5 amide bonds. The van der Waals surface area contributed by atoms with Crippen LogP contribution in [0, 0.1) is 47.3 Å². The number of aliphatic hydroxyl groups excluding tert-OH is 6. The molecule has 111 heavy (non-hydrogen) atoms. The van der Waals surface area contributed by atoms with Gasteiger partial charge in [-0.2, -0.15) is 0 Å². The van der Waals surface area contributed by atoms with Crippen LogP contribution in [0.1, 0.15) is 170 Å². The van der Waals surface area contributed by atoms with Crippen LogP contribution in [0.4, 0.5) is 0 Å². The summed E-state index contributed by atoms with van der Waals surface area (Å²) in [6, 6.07) is 7.54. The van der Waals surface area contributed by atoms with E-state index in [9.17, 15) is 55.5 Å². The summed E-state index contributed by atoms with van der Waals surface area (Å²) in [4.78, 5) is 122. The maximum absolute atomic E-state index is 16.4. The molecule has 596 valence electrons. The third-order valence-electron chi connectivity index (χ3n) is 23.5. The van der Waals surface area contributed by atoms with E-state index < -0.39 is 216 Å². The lowest BCUT2D eigenvalue weighted by Crippen LogP contribution is -2.64. The van der Waals surface area contributed by atoms with Gasteiger partial charge in [0.05, 0.1) is 40.7 Å². The van der Waals surface area contributed by atoms with Crippen LogP contribution in [0.15, 0.2) is 78.9 Å². The Kier molecular flexibility index (Phi) is 23.6. The van der Waals surface area contributed by atoms with E-state index in [1.54, 1.807) is 6.92 Å². The van der Waals surface area contributed by atoms with Crippen LogP contribution >= 0.6 is 23.2 Å². The van der Waals surface area contributed by atoms with Crippen molar-refractivity contribution in [1.29, 1.82) is 0 Å². The molecule has 0 aromatic heterocycles. The van der Waals surface area contributed by atoms with Crippen molar-refractivity contribution >= 4 is 70.1 Å². The zero-order valence-electron chi connectivity index (χ0n) is 61.6. The molecule has 5 aromatic carbocycles. The Hall–Kier alpha value is -8.56. The van der Waals surface area contributed by atoms with Crippen LogP contribution in [0.2, 0.25) is 10.0 Å². The van der Waals surface area contributed by atoms with Gasteiger partial charge in [0.2, 0.25) is 41.6 Å². The maximum atomic E-state index is 16.4. The van der Waals surface area contributed by atoms with Crippen molar-refractivity contribution in [3.05, 3.63) is 117 Å². The third kappa shape index (κ3) is 16.7. The quantitative estimate of drug-likeness (QED) is 0.0534. The van der Waals surface area contributed by atoms with Crippen LogP contribution < -0.4 is 46.9 Å². The molecule has 4 aliphatic carbocycles. The fraction of sp³-hybridized carbons (Fsp3) is 0.525. The largest absolute Gasteiger partial charge is 0.508 e. The number of aromatic hydroxyl groups is 3. The van der Waals surface area contributed by atoms with Crippen molar-refractivity contribution in [2.24, 2.45) is 58.8 Å². The van der Waals surface area contributed by atoms with Gasteiger partial charge in [-0.05, 0) is 177 Å². The molecular formula is C80H94Cl2N6O23. The lowest BCUT2D eigenvalue weighted by Gasteiger charge is -2.54. The standard InChI is InChI=1S/C80H94Cl2N6O23/c1-6-36(13-32(2)3)75(102)87-66-53(93)22-43(25-61(83)96)76(103)85-64-42-23-58(107-56-11-8-38(68(66)97)20-49(56)81)72(111-79-73(71(100)70(99)60(31-89)109-79)110-62-30-80(5,84)74(101)33(4)106-62)59(24-42)108-57-12-9-39(21-50(57)82)69(98)67-78(105)86-65(55(95)28-45-40-15-34-14-35(17-40)18-41(45)16-34)48-26-44(90)27-52(92)63(48)47-19-37(7-10-51(47)91)46(29-54(64)94)77(104)88-67/h7-12,19-21,23-24,26-27,32-36,40-41,43,45-46,60,62,64-71,73-74,79,89-92,97-101H,6,13-18,22,25,28-31,84H2,1-5H3,(H2,83,96)(H,85,103)(H,86,105)(H,87,102)(H,88,104)/t33-,34?,35?,36+,40?,41?,43-,45?,46+,60+,62-,64+,65-,66-,67-,68+,69+,70+,71-,73+,74+,79-,80-/m0/s1.